The van der Waals surface area contributed by atoms with E-state index in [2.05, 4.69) is 0 Å². The Kier molecular flexibility index (Phi) is 4.65. The topological polar surface area (TPSA) is 72.5 Å². The maximum atomic E-state index is 10.9. The normalized spacial score (nSPS) is 16.6. The molecule has 4 heteroatoms. The molecule has 20 heavy (non-hydrogen) atoms. The first-order valence-corrected chi connectivity index (χ1v) is 7.18. The van der Waals surface area contributed by atoms with E-state index in [-0.39, 0.29) is 6.42 Å². The molecule has 0 bridgehead atoms. The molecule has 0 radical (unpaired) electrons. The number of aliphatic carboxylic acids is 1. The Balaban J connectivity index is 2.19. The Morgan fingerprint density at radius 3 is 2.70 bits per heavy atom. The van der Waals surface area contributed by atoms with Gasteiger partial charge in [0.15, 0.2) is 0 Å². The molecule has 1 aliphatic rings. The van der Waals surface area contributed by atoms with E-state index in [0.29, 0.717) is 12.5 Å². The molecule has 0 aromatic heterocycles. The molecule has 0 heterocycles. The fraction of sp³-hybridized carbons (Fsp3) is 0.562. The lowest BCUT2D eigenvalue weighted by Crippen LogP contribution is -2.22. The maximum absolute atomic E-state index is 10.9. The van der Waals surface area contributed by atoms with Crippen molar-refractivity contribution in [2.24, 2.45) is 11.7 Å². The van der Waals surface area contributed by atoms with Crippen LogP contribution in [0.25, 0.3) is 0 Å². The van der Waals surface area contributed by atoms with Crippen LogP contribution in [0.15, 0.2) is 12.1 Å². The van der Waals surface area contributed by atoms with Crippen LogP contribution in [0.1, 0.15) is 48.4 Å². The predicted octanol–water partition coefficient (Wildman–Crippen LogP) is 2.96. The number of benzene rings is 1. The number of rotatable bonds is 6. The zero-order valence-electron chi connectivity index (χ0n) is 12.2. The molecule has 0 aliphatic heterocycles. The van der Waals surface area contributed by atoms with Gasteiger partial charge < -0.3 is 15.6 Å². The second-order valence-corrected chi connectivity index (χ2v) is 5.81. The molecule has 0 amide bonds. The molecule has 1 aromatic carbocycles. The quantitative estimate of drug-likeness (QED) is 0.838. The number of carbonyl (C=O) groups is 1. The van der Waals surface area contributed by atoms with Crippen molar-refractivity contribution in [2.75, 3.05) is 6.61 Å². The summed E-state index contributed by atoms with van der Waals surface area (Å²) in [5.74, 6) is 0.525. The van der Waals surface area contributed by atoms with Crippen LogP contribution in [0, 0.1) is 19.8 Å². The van der Waals surface area contributed by atoms with Crippen molar-refractivity contribution in [3.05, 3.63) is 28.8 Å². The fourth-order valence-electron chi connectivity index (χ4n) is 2.62. The van der Waals surface area contributed by atoms with E-state index in [1.165, 1.54) is 19.3 Å². The van der Waals surface area contributed by atoms with Gasteiger partial charge >= 0.3 is 5.97 Å². The highest BCUT2D eigenvalue weighted by Gasteiger charge is 2.21. The van der Waals surface area contributed by atoms with Crippen molar-refractivity contribution >= 4 is 5.97 Å². The lowest BCUT2D eigenvalue weighted by atomic mass is 9.86. The minimum atomic E-state index is -0.887. The number of hydrogen-bond donors (Lipinski definition) is 2. The number of carboxylic acid groups (broad SMARTS) is 1. The van der Waals surface area contributed by atoms with E-state index in [9.17, 15) is 4.79 Å². The smallest absolute Gasteiger partial charge is 0.305 e. The van der Waals surface area contributed by atoms with Gasteiger partial charge in [0.1, 0.15) is 5.75 Å². The lowest BCUT2D eigenvalue weighted by molar-refractivity contribution is -0.137. The average molecular weight is 277 g/mol. The second kappa shape index (κ2) is 6.27. The Morgan fingerprint density at radius 1 is 1.45 bits per heavy atom. The van der Waals surface area contributed by atoms with Crippen molar-refractivity contribution in [3.63, 3.8) is 0 Å². The molecule has 0 saturated heterocycles. The molecule has 1 saturated carbocycles. The summed E-state index contributed by atoms with van der Waals surface area (Å²) in [6, 6.07) is 3.46. The molecule has 1 unspecified atom stereocenters. The van der Waals surface area contributed by atoms with Crippen LogP contribution in [0.5, 0.6) is 5.75 Å². The van der Waals surface area contributed by atoms with Crippen LogP contribution >= 0.6 is 0 Å². The van der Waals surface area contributed by atoms with Crippen molar-refractivity contribution in [3.8, 4) is 5.75 Å². The summed E-state index contributed by atoms with van der Waals surface area (Å²) < 4.78 is 5.96. The van der Waals surface area contributed by atoms with E-state index in [1.54, 1.807) is 0 Å². The molecular weight excluding hydrogens is 254 g/mol. The van der Waals surface area contributed by atoms with Gasteiger partial charge in [-0.05, 0) is 38.2 Å². The van der Waals surface area contributed by atoms with Crippen LogP contribution in [-0.2, 0) is 4.79 Å². The largest absolute Gasteiger partial charge is 0.493 e. The first kappa shape index (κ1) is 14.9. The maximum Gasteiger partial charge on any atom is 0.305 e. The summed E-state index contributed by atoms with van der Waals surface area (Å²) in [6.07, 6.45) is 3.65. The van der Waals surface area contributed by atoms with E-state index >= 15 is 0 Å². The highest BCUT2D eigenvalue weighted by Crippen LogP contribution is 2.33. The number of hydrogen-bond acceptors (Lipinski definition) is 3. The molecule has 110 valence electrons. The lowest BCUT2D eigenvalue weighted by Gasteiger charge is -2.27. The van der Waals surface area contributed by atoms with Crippen LogP contribution < -0.4 is 10.5 Å². The summed E-state index contributed by atoms with van der Waals surface area (Å²) in [4.78, 5) is 10.9. The summed E-state index contributed by atoms with van der Waals surface area (Å²) in [6.45, 7) is 4.68. The monoisotopic (exact) mass is 277 g/mol. The Bertz CT molecular complexity index is 495. The van der Waals surface area contributed by atoms with Crippen molar-refractivity contribution in [1.29, 1.82) is 0 Å². The second-order valence-electron chi connectivity index (χ2n) is 5.81. The van der Waals surface area contributed by atoms with E-state index in [1.807, 2.05) is 26.0 Å². The first-order chi connectivity index (χ1) is 9.47. The van der Waals surface area contributed by atoms with Crippen LogP contribution in [0.4, 0.5) is 0 Å². The highest BCUT2D eigenvalue weighted by atomic mass is 16.5. The van der Waals surface area contributed by atoms with E-state index in [0.717, 1.165) is 22.4 Å². The molecule has 0 spiro atoms. The molecule has 1 atom stereocenters. The number of carboxylic acids is 1. The molecule has 4 nitrogen and oxygen atoms in total. The number of nitrogens with two attached hydrogens (primary N) is 1. The van der Waals surface area contributed by atoms with Crippen LogP contribution in [0.2, 0.25) is 0 Å². The Labute approximate surface area is 119 Å². The van der Waals surface area contributed by atoms with Gasteiger partial charge in [0, 0.05) is 11.6 Å². The van der Waals surface area contributed by atoms with Crippen LogP contribution in [0.3, 0.4) is 0 Å². The Hall–Kier alpha value is -1.55. The van der Waals surface area contributed by atoms with Gasteiger partial charge in [-0.2, -0.15) is 0 Å². The summed E-state index contributed by atoms with van der Waals surface area (Å²) >= 11 is 0. The molecular formula is C16H23NO3. The molecule has 1 aromatic rings. The zero-order chi connectivity index (χ0) is 14.7. The highest BCUT2D eigenvalue weighted by molar-refractivity contribution is 5.68. The number of ether oxygens (including phenoxy) is 1. The van der Waals surface area contributed by atoms with Gasteiger partial charge in [0.2, 0.25) is 0 Å². The minimum Gasteiger partial charge on any atom is -0.493 e. The molecule has 1 aliphatic carbocycles. The van der Waals surface area contributed by atoms with Gasteiger partial charge in [-0.1, -0.05) is 24.1 Å². The van der Waals surface area contributed by atoms with Gasteiger partial charge in [0.05, 0.1) is 13.0 Å². The van der Waals surface area contributed by atoms with E-state index in [4.69, 9.17) is 15.6 Å². The van der Waals surface area contributed by atoms with Crippen LogP contribution in [-0.4, -0.2) is 17.7 Å². The number of aryl methyl sites for hydroxylation is 2. The van der Waals surface area contributed by atoms with Gasteiger partial charge in [-0.3, -0.25) is 4.79 Å². The molecule has 1 fully saturated rings. The van der Waals surface area contributed by atoms with Crippen molar-refractivity contribution in [1.82, 2.24) is 0 Å². The first-order valence-electron chi connectivity index (χ1n) is 7.18. The fourth-order valence-corrected chi connectivity index (χ4v) is 2.62. The third-order valence-corrected chi connectivity index (χ3v) is 3.93. The van der Waals surface area contributed by atoms with Crippen molar-refractivity contribution < 1.29 is 14.6 Å². The summed E-state index contributed by atoms with van der Waals surface area (Å²) in [5.41, 5.74) is 8.94. The minimum absolute atomic E-state index is 0.0807. The standard InChI is InChI=1S/C16H23NO3/c1-10-6-11(2)16(20-9-12-4-3-5-12)13(7-10)14(17)8-15(18)19/h6-7,12,14H,3-5,8-9,17H2,1-2H3,(H,18,19). The zero-order valence-corrected chi connectivity index (χ0v) is 12.2. The SMILES string of the molecule is Cc1cc(C)c(OCC2CCC2)c(C(N)CC(=O)O)c1. The molecule has 2 rings (SSSR count). The summed E-state index contributed by atoms with van der Waals surface area (Å²) in [7, 11) is 0. The third kappa shape index (κ3) is 3.51. The predicted molar refractivity (Wildman–Crippen MR) is 77.9 cm³/mol. The van der Waals surface area contributed by atoms with Gasteiger partial charge in [-0.15, -0.1) is 0 Å². The van der Waals surface area contributed by atoms with Crippen molar-refractivity contribution in [2.45, 2.75) is 45.6 Å². The molecule has 3 N–H and O–H groups in total. The average Bonchev–Trinajstić information content (AvgIpc) is 2.28. The Morgan fingerprint density at radius 2 is 2.15 bits per heavy atom. The third-order valence-electron chi connectivity index (χ3n) is 3.93. The summed E-state index contributed by atoms with van der Waals surface area (Å²) in [5, 5.41) is 8.92. The van der Waals surface area contributed by atoms with Gasteiger partial charge in [-0.25, -0.2) is 0 Å². The van der Waals surface area contributed by atoms with Gasteiger partial charge in [0.25, 0.3) is 0 Å². The van der Waals surface area contributed by atoms with E-state index < -0.39 is 12.0 Å².